The minimum atomic E-state index is -0.285. The first kappa shape index (κ1) is 20.6. The van der Waals surface area contributed by atoms with Crippen molar-refractivity contribution >= 4 is 34.8 Å². The van der Waals surface area contributed by atoms with Gasteiger partial charge in [0.1, 0.15) is 0 Å². The topological polar surface area (TPSA) is 65.4 Å². The molecule has 0 bridgehead atoms. The first-order valence-electron chi connectivity index (χ1n) is 9.62. The number of rotatable bonds is 4. The Kier molecular flexibility index (Phi) is 5.88. The first-order valence-corrected chi connectivity index (χ1v) is 10.4. The molecule has 1 aliphatic heterocycles. The van der Waals surface area contributed by atoms with Gasteiger partial charge in [-0.15, -0.1) is 0 Å². The molecule has 30 heavy (non-hydrogen) atoms. The summed E-state index contributed by atoms with van der Waals surface area (Å²) in [5.74, 6) is 0.859. The van der Waals surface area contributed by atoms with Crippen LogP contribution in [0.5, 0.6) is 11.5 Å². The van der Waals surface area contributed by atoms with E-state index < -0.39 is 0 Å². The molecule has 0 saturated carbocycles. The summed E-state index contributed by atoms with van der Waals surface area (Å²) in [6.45, 7) is 5.26. The summed E-state index contributed by atoms with van der Waals surface area (Å²) in [5, 5.41) is 8.46. The van der Waals surface area contributed by atoms with E-state index in [1.54, 1.807) is 23.7 Å². The molecule has 0 fully saturated rings. The lowest BCUT2D eigenvalue weighted by atomic mass is 10.1. The molecule has 1 N–H and O–H groups in total. The molecule has 6 nitrogen and oxygen atoms in total. The number of carbonyl (C=O) groups excluding carboxylic acids is 1. The van der Waals surface area contributed by atoms with Gasteiger partial charge in [0.2, 0.25) is 0 Å². The molecular formula is C22H21Cl2N3O3. The van der Waals surface area contributed by atoms with Gasteiger partial charge < -0.3 is 14.8 Å². The maximum atomic E-state index is 13.1. The van der Waals surface area contributed by atoms with Gasteiger partial charge in [0.25, 0.3) is 5.91 Å². The second-order valence-corrected chi connectivity index (χ2v) is 7.89. The minimum absolute atomic E-state index is 0.285. The highest BCUT2D eigenvalue weighted by Crippen LogP contribution is 2.38. The van der Waals surface area contributed by atoms with Crippen LogP contribution in [-0.2, 0) is 6.54 Å². The number of carbonyl (C=O) groups is 1. The van der Waals surface area contributed by atoms with Gasteiger partial charge in [-0.05, 0) is 25.5 Å². The van der Waals surface area contributed by atoms with Gasteiger partial charge in [0.15, 0.2) is 11.5 Å². The maximum Gasteiger partial charge on any atom is 0.259 e. The van der Waals surface area contributed by atoms with Gasteiger partial charge in [0, 0.05) is 29.3 Å². The zero-order valence-electron chi connectivity index (χ0n) is 16.7. The molecular weight excluding hydrogens is 425 g/mol. The largest absolute Gasteiger partial charge is 0.490 e. The molecule has 156 valence electrons. The summed E-state index contributed by atoms with van der Waals surface area (Å²) in [5.41, 5.74) is 3.27. The molecule has 4 rings (SSSR count). The van der Waals surface area contributed by atoms with E-state index in [2.05, 4.69) is 10.4 Å². The molecule has 3 aromatic rings. The van der Waals surface area contributed by atoms with Crippen LogP contribution in [0.15, 0.2) is 36.4 Å². The fourth-order valence-corrected chi connectivity index (χ4v) is 3.83. The van der Waals surface area contributed by atoms with Crippen LogP contribution >= 0.6 is 23.2 Å². The molecule has 0 radical (unpaired) electrons. The third kappa shape index (κ3) is 4.11. The summed E-state index contributed by atoms with van der Waals surface area (Å²) in [7, 11) is 0. The SMILES string of the molecule is Cc1nn(Cc2ccccc2Cl)c(C)c1C(=O)Nc1cc2c(cc1Cl)OCCCO2. The zero-order valence-corrected chi connectivity index (χ0v) is 18.2. The van der Waals surface area contributed by atoms with Crippen LogP contribution in [0.3, 0.4) is 0 Å². The van der Waals surface area contributed by atoms with Crippen molar-refractivity contribution in [3.05, 3.63) is 69.0 Å². The lowest BCUT2D eigenvalue weighted by molar-refractivity contribution is 0.102. The summed E-state index contributed by atoms with van der Waals surface area (Å²) < 4.78 is 13.1. The molecule has 2 aromatic carbocycles. The Morgan fingerprint density at radius 3 is 2.53 bits per heavy atom. The summed E-state index contributed by atoms with van der Waals surface area (Å²) in [6.07, 6.45) is 0.789. The average molecular weight is 446 g/mol. The van der Waals surface area contributed by atoms with E-state index in [4.69, 9.17) is 32.7 Å². The number of aromatic nitrogens is 2. The van der Waals surface area contributed by atoms with Crippen molar-refractivity contribution in [1.82, 2.24) is 9.78 Å². The van der Waals surface area contributed by atoms with Gasteiger partial charge in [-0.2, -0.15) is 5.10 Å². The van der Waals surface area contributed by atoms with Crippen LogP contribution < -0.4 is 14.8 Å². The maximum absolute atomic E-state index is 13.1. The van der Waals surface area contributed by atoms with Crippen molar-refractivity contribution in [2.24, 2.45) is 0 Å². The number of aryl methyl sites for hydroxylation is 1. The average Bonchev–Trinajstić information content (AvgIpc) is 2.86. The predicted molar refractivity (Wildman–Crippen MR) is 117 cm³/mol. The summed E-state index contributed by atoms with van der Waals surface area (Å²) in [6, 6.07) is 10.9. The Morgan fingerprint density at radius 1 is 1.10 bits per heavy atom. The molecule has 8 heteroatoms. The zero-order chi connectivity index (χ0) is 21.3. The van der Waals surface area contributed by atoms with E-state index in [1.165, 1.54) is 0 Å². The normalized spacial score (nSPS) is 13.1. The third-order valence-electron chi connectivity index (χ3n) is 4.97. The number of nitrogens with one attached hydrogen (secondary N) is 1. The van der Waals surface area contributed by atoms with Gasteiger partial charge in [-0.1, -0.05) is 41.4 Å². The fraction of sp³-hybridized carbons (Fsp3) is 0.273. The van der Waals surface area contributed by atoms with Crippen LogP contribution in [-0.4, -0.2) is 28.9 Å². The van der Waals surface area contributed by atoms with E-state index in [0.29, 0.717) is 58.2 Å². The number of hydrogen-bond donors (Lipinski definition) is 1. The van der Waals surface area contributed by atoms with E-state index in [1.807, 2.05) is 31.2 Å². The first-order chi connectivity index (χ1) is 14.4. The molecule has 1 aliphatic rings. The molecule has 0 saturated heterocycles. The number of halogens is 2. The number of fused-ring (bicyclic) bond motifs is 1. The predicted octanol–water partition coefficient (Wildman–Crippen LogP) is 5.27. The van der Waals surface area contributed by atoms with E-state index >= 15 is 0 Å². The lowest BCUT2D eigenvalue weighted by Gasteiger charge is -2.13. The molecule has 0 spiro atoms. The van der Waals surface area contributed by atoms with Crippen molar-refractivity contribution in [3.8, 4) is 11.5 Å². The van der Waals surface area contributed by atoms with Crippen LogP contribution in [0.25, 0.3) is 0 Å². The van der Waals surface area contributed by atoms with Crippen LogP contribution in [0.4, 0.5) is 5.69 Å². The fourth-order valence-electron chi connectivity index (χ4n) is 3.43. The monoisotopic (exact) mass is 445 g/mol. The number of amides is 1. The van der Waals surface area contributed by atoms with Gasteiger partial charge in [-0.25, -0.2) is 0 Å². The smallest absolute Gasteiger partial charge is 0.259 e. The third-order valence-corrected chi connectivity index (χ3v) is 5.65. The van der Waals surface area contributed by atoms with E-state index in [0.717, 1.165) is 17.7 Å². The summed E-state index contributed by atoms with van der Waals surface area (Å²) in [4.78, 5) is 13.1. The highest BCUT2D eigenvalue weighted by atomic mass is 35.5. The van der Waals surface area contributed by atoms with Gasteiger partial charge in [0.05, 0.1) is 41.7 Å². The molecule has 1 aromatic heterocycles. The van der Waals surface area contributed by atoms with Gasteiger partial charge >= 0.3 is 0 Å². The highest BCUT2D eigenvalue weighted by molar-refractivity contribution is 6.34. The standard InChI is InChI=1S/C22H21Cl2N3O3/c1-13-21(14(2)27(26-13)12-15-6-3-4-7-16(15)23)22(28)25-18-11-20-19(10-17(18)24)29-8-5-9-30-20/h3-4,6-7,10-11H,5,8-9,12H2,1-2H3,(H,25,28). The Morgan fingerprint density at radius 2 is 1.80 bits per heavy atom. The number of ether oxygens (including phenoxy) is 2. The van der Waals surface area contributed by atoms with Crippen LogP contribution in [0.1, 0.15) is 33.7 Å². The Hall–Kier alpha value is -2.70. The number of benzene rings is 2. The Labute approximate surface area is 184 Å². The molecule has 2 heterocycles. The highest BCUT2D eigenvalue weighted by Gasteiger charge is 2.21. The molecule has 0 atom stereocenters. The quantitative estimate of drug-likeness (QED) is 0.593. The van der Waals surface area contributed by atoms with Crippen molar-refractivity contribution in [2.75, 3.05) is 18.5 Å². The second kappa shape index (κ2) is 8.58. The van der Waals surface area contributed by atoms with Crippen molar-refractivity contribution in [2.45, 2.75) is 26.8 Å². The Balaban J connectivity index is 1.59. The van der Waals surface area contributed by atoms with Crippen LogP contribution in [0, 0.1) is 13.8 Å². The lowest BCUT2D eigenvalue weighted by Crippen LogP contribution is -2.15. The van der Waals surface area contributed by atoms with E-state index in [9.17, 15) is 4.79 Å². The number of nitrogens with zero attached hydrogens (tertiary/aromatic N) is 2. The molecule has 1 amide bonds. The van der Waals surface area contributed by atoms with Crippen molar-refractivity contribution in [1.29, 1.82) is 0 Å². The molecule has 0 unspecified atom stereocenters. The second-order valence-electron chi connectivity index (χ2n) is 7.08. The summed E-state index contributed by atoms with van der Waals surface area (Å²) >= 11 is 12.6. The van der Waals surface area contributed by atoms with E-state index in [-0.39, 0.29) is 5.91 Å². The minimum Gasteiger partial charge on any atom is -0.490 e. The van der Waals surface area contributed by atoms with Crippen molar-refractivity contribution in [3.63, 3.8) is 0 Å². The number of anilines is 1. The van der Waals surface area contributed by atoms with Gasteiger partial charge in [-0.3, -0.25) is 9.48 Å². The van der Waals surface area contributed by atoms with Crippen LogP contribution in [0.2, 0.25) is 10.0 Å². The van der Waals surface area contributed by atoms with Crippen molar-refractivity contribution < 1.29 is 14.3 Å². The molecule has 0 aliphatic carbocycles. The number of hydrogen-bond acceptors (Lipinski definition) is 4. The Bertz CT molecular complexity index is 1110.